The Kier molecular flexibility index (Phi) is 6.10. The van der Waals surface area contributed by atoms with Crippen molar-refractivity contribution in [1.82, 2.24) is 0 Å². The van der Waals surface area contributed by atoms with Crippen LogP contribution < -0.4 is 14.4 Å². The summed E-state index contributed by atoms with van der Waals surface area (Å²) in [5, 5.41) is 12.0. The van der Waals surface area contributed by atoms with Gasteiger partial charge in [-0.15, -0.1) is 0 Å². The number of aliphatic hydroxyl groups is 1. The molecule has 7 nitrogen and oxygen atoms in total. The van der Waals surface area contributed by atoms with E-state index in [2.05, 4.69) is 0 Å². The minimum absolute atomic E-state index is 0.134. The van der Waals surface area contributed by atoms with Crippen molar-refractivity contribution in [3.8, 4) is 11.5 Å². The summed E-state index contributed by atoms with van der Waals surface area (Å²) in [4.78, 5) is 27.6. The maximum atomic E-state index is 13.2. The number of Topliss-reactive ketones (excluding diaryl/α,β-unsaturated/α-hetero) is 1. The molecule has 2 heterocycles. The number of benzene rings is 2. The summed E-state index contributed by atoms with van der Waals surface area (Å²) >= 11 is 12.5. The molecule has 0 radical (unpaired) electrons. The Morgan fingerprint density at radius 2 is 1.76 bits per heavy atom. The van der Waals surface area contributed by atoms with Crippen LogP contribution in [-0.4, -0.2) is 31.0 Å². The number of amides is 1. The zero-order chi connectivity index (χ0) is 23.9. The fourth-order valence-corrected chi connectivity index (χ4v) is 4.14. The van der Waals surface area contributed by atoms with Crippen molar-refractivity contribution in [2.24, 2.45) is 0 Å². The Balaban J connectivity index is 1.97. The average Bonchev–Trinajstić information content (AvgIpc) is 3.42. The summed E-state index contributed by atoms with van der Waals surface area (Å²) in [5.41, 5.74) is 1.16. The summed E-state index contributed by atoms with van der Waals surface area (Å²) in [6, 6.07) is 10.1. The van der Waals surface area contributed by atoms with Crippen LogP contribution in [0.3, 0.4) is 0 Å². The minimum atomic E-state index is -1.04. The van der Waals surface area contributed by atoms with Gasteiger partial charge in [-0.3, -0.25) is 14.5 Å². The fraction of sp³-hybridized carbons (Fsp3) is 0.167. The van der Waals surface area contributed by atoms with Gasteiger partial charge in [0, 0.05) is 16.8 Å². The predicted molar refractivity (Wildman–Crippen MR) is 124 cm³/mol. The van der Waals surface area contributed by atoms with Gasteiger partial charge in [0.2, 0.25) is 0 Å². The summed E-state index contributed by atoms with van der Waals surface area (Å²) in [6.07, 6.45) is 1.42. The lowest BCUT2D eigenvalue weighted by Gasteiger charge is -2.24. The maximum Gasteiger partial charge on any atom is 0.300 e. The molecule has 1 amide bonds. The largest absolute Gasteiger partial charge is 0.507 e. The molecular weight excluding hydrogens is 469 g/mol. The Labute approximate surface area is 199 Å². The van der Waals surface area contributed by atoms with E-state index in [0.717, 1.165) is 5.56 Å². The number of nitrogens with zero attached hydrogens (tertiary/aromatic N) is 1. The smallest absolute Gasteiger partial charge is 0.300 e. The Bertz CT molecular complexity index is 1280. The van der Waals surface area contributed by atoms with E-state index in [-0.39, 0.29) is 33.4 Å². The molecule has 33 heavy (non-hydrogen) atoms. The molecule has 1 fully saturated rings. The van der Waals surface area contributed by atoms with Crippen LogP contribution in [0.15, 0.2) is 58.7 Å². The highest BCUT2D eigenvalue weighted by Gasteiger charge is 2.48. The number of ether oxygens (including phenoxy) is 2. The monoisotopic (exact) mass is 487 g/mol. The van der Waals surface area contributed by atoms with Crippen molar-refractivity contribution in [3.63, 3.8) is 0 Å². The number of halogens is 2. The van der Waals surface area contributed by atoms with Crippen LogP contribution >= 0.6 is 23.2 Å². The molecule has 170 valence electrons. The number of carbonyl (C=O) groups excluding carboxylic acids is 2. The van der Waals surface area contributed by atoms with Crippen LogP contribution in [0, 0.1) is 6.92 Å². The summed E-state index contributed by atoms with van der Waals surface area (Å²) in [6.45, 7) is 1.82. The third-order valence-electron chi connectivity index (χ3n) is 5.42. The SMILES string of the molecule is COc1cc(/C(O)=C2\C(=O)C(=O)N(c3ccc(C)c(Cl)c3)C2c2ccco2)c(OC)cc1Cl. The Morgan fingerprint density at radius 1 is 1.03 bits per heavy atom. The number of furan rings is 1. The third-order valence-corrected chi connectivity index (χ3v) is 6.12. The molecule has 4 rings (SSSR count). The zero-order valence-corrected chi connectivity index (χ0v) is 19.4. The first-order valence-corrected chi connectivity index (χ1v) is 10.6. The van der Waals surface area contributed by atoms with E-state index >= 15 is 0 Å². The van der Waals surface area contributed by atoms with E-state index < -0.39 is 23.5 Å². The zero-order valence-electron chi connectivity index (χ0n) is 17.9. The summed E-state index contributed by atoms with van der Waals surface area (Å²) < 4.78 is 16.1. The minimum Gasteiger partial charge on any atom is -0.507 e. The molecule has 1 unspecified atom stereocenters. The van der Waals surface area contributed by atoms with Gasteiger partial charge in [0.05, 0.1) is 36.6 Å². The predicted octanol–water partition coefficient (Wildman–Crippen LogP) is 5.54. The molecular formula is C24H19Cl2NO6. The van der Waals surface area contributed by atoms with E-state index in [1.54, 1.807) is 30.3 Å². The van der Waals surface area contributed by atoms with E-state index in [0.29, 0.717) is 10.7 Å². The van der Waals surface area contributed by atoms with E-state index in [1.165, 1.54) is 37.5 Å². The van der Waals surface area contributed by atoms with E-state index in [9.17, 15) is 14.7 Å². The number of rotatable bonds is 5. The number of hydrogen-bond donors (Lipinski definition) is 1. The van der Waals surface area contributed by atoms with Gasteiger partial charge in [-0.25, -0.2) is 0 Å². The highest BCUT2D eigenvalue weighted by Crippen LogP contribution is 2.45. The van der Waals surface area contributed by atoms with Crippen molar-refractivity contribution < 1.29 is 28.6 Å². The van der Waals surface area contributed by atoms with Crippen LogP contribution in [0.2, 0.25) is 10.0 Å². The van der Waals surface area contributed by atoms with Gasteiger partial charge in [0.1, 0.15) is 29.1 Å². The molecule has 1 saturated heterocycles. The van der Waals surface area contributed by atoms with Gasteiger partial charge in [0.25, 0.3) is 11.7 Å². The van der Waals surface area contributed by atoms with Gasteiger partial charge >= 0.3 is 0 Å². The molecule has 1 N–H and O–H groups in total. The quantitative estimate of drug-likeness (QED) is 0.288. The van der Waals surface area contributed by atoms with Crippen LogP contribution in [0.5, 0.6) is 11.5 Å². The maximum absolute atomic E-state index is 13.2. The second kappa shape index (κ2) is 8.84. The van der Waals surface area contributed by atoms with Crippen LogP contribution in [-0.2, 0) is 9.59 Å². The lowest BCUT2D eigenvalue weighted by atomic mass is 9.98. The van der Waals surface area contributed by atoms with Crippen molar-refractivity contribution >= 4 is 46.3 Å². The normalized spacial score (nSPS) is 17.5. The first-order chi connectivity index (χ1) is 15.8. The topological polar surface area (TPSA) is 89.2 Å². The Morgan fingerprint density at radius 3 is 2.36 bits per heavy atom. The van der Waals surface area contributed by atoms with Gasteiger partial charge in [-0.05, 0) is 42.8 Å². The lowest BCUT2D eigenvalue weighted by Crippen LogP contribution is -2.29. The van der Waals surface area contributed by atoms with Crippen molar-refractivity contribution in [2.45, 2.75) is 13.0 Å². The first kappa shape index (κ1) is 22.8. The van der Waals surface area contributed by atoms with Gasteiger partial charge < -0.3 is 19.0 Å². The number of hydrogen-bond acceptors (Lipinski definition) is 6. The Hall–Kier alpha value is -3.42. The highest BCUT2D eigenvalue weighted by atomic mass is 35.5. The second-order valence-electron chi connectivity index (χ2n) is 7.31. The van der Waals surface area contributed by atoms with E-state index in [1.807, 2.05) is 6.92 Å². The highest BCUT2D eigenvalue weighted by molar-refractivity contribution is 6.51. The number of anilines is 1. The van der Waals surface area contributed by atoms with Gasteiger partial charge in [0.15, 0.2) is 0 Å². The third kappa shape index (κ3) is 3.83. The summed E-state index contributed by atoms with van der Waals surface area (Å²) in [5.74, 6) is -1.44. The number of aryl methyl sites for hydroxylation is 1. The number of ketones is 1. The molecule has 2 aromatic carbocycles. The van der Waals surface area contributed by atoms with Crippen LogP contribution in [0.25, 0.3) is 5.76 Å². The van der Waals surface area contributed by atoms with Crippen molar-refractivity contribution in [3.05, 3.63) is 81.2 Å². The van der Waals surface area contributed by atoms with Crippen LogP contribution in [0.4, 0.5) is 5.69 Å². The molecule has 1 atom stereocenters. The molecule has 9 heteroatoms. The standard InChI is InChI=1S/C24H19Cl2NO6/c1-12-6-7-13(9-15(12)25)27-21(17-5-4-8-33-17)20(23(29)24(27)30)22(28)14-10-19(32-3)16(26)11-18(14)31-2/h4-11,21,28H,1-3H3/b22-20+. The van der Waals surface area contributed by atoms with Crippen molar-refractivity contribution in [1.29, 1.82) is 0 Å². The van der Waals surface area contributed by atoms with Crippen LogP contribution in [0.1, 0.15) is 22.9 Å². The molecule has 0 spiro atoms. The number of carbonyl (C=O) groups is 2. The van der Waals surface area contributed by atoms with E-state index in [4.69, 9.17) is 37.1 Å². The molecule has 3 aromatic rings. The fourth-order valence-electron chi connectivity index (χ4n) is 3.74. The summed E-state index contributed by atoms with van der Waals surface area (Å²) in [7, 11) is 2.81. The lowest BCUT2D eigenvalue weighted by molar-refractivity contribution is -0.132. The van der Waals surface area contributed by atoms with Gasteiger partial charge in [-0.1, -0.05) is 29.3 Å². The second-order valence-corrected chi connectivity index (χ2v) is 8.12. The van der Waals surface area contributed by atoms with Gasteiger partial charge in [-0.2, -0.15) is 0 Å². The first-order valence-electron chi connectivity index (χ1n) is 9.81. The average molecular weight is 488 g/mol. The van der Waals surface area contributed by atoms with Crippen molar-refractivity contribution in [2.75, 3.05) is 19.1 Å². The molecule has 1 aromatic heterocycles. The molecule has 0 bridgehead atoms. The molecule has 1 aliphatic rings. The molecule has 1 aliphatic heterocycles. The number of aliphatic hydroxyl groups excluding tert-OH is 1. The molecule has 0 saturated carbocycles. The molecule has 0 aliphatic carbocycles. The number of methoxy groups -OCH3 is 2.